The number of fused-ring (bicyclic) bond motifs is 5. The van der Waals surface area contributed by atoms with Gasteiger partial charge in [-0.1, -0.05) is 13.8 Å². The van der Waals surface area contributed by atoms with Crippen LogP contribution in [0, 0.1) is 23.7 Å². The van der Waals surface area contributed by atoms with E-state index in [1.807, 2.05) is 13.8 Å². The number of hydrogen-bond donors (Lipinski definition) is 2. The molecule has 3 fully saturated rings. The Morgan fingerprint density at radius 1 is 1.10 bits per heavy atom. The molecule has 0 spiro atoms. The Bertz CT molecular complexity index is 614. The van der Waals surface area contributed by atoms with E-state index in [2.05, 4.69) is 13.8 Å². The third-order valence-corrected chi connectivity index (χ3v) is 8.01. The van der Waals surface area contributed by atoms with E-state index < -0.39 is 16.8 Å². The molecule has 0 aromatic carbocycles. The Hall–Kier alpha value is -0.690. The number of carbonyl (C=O) groups excluding carboxylic acids is 1. The van der Waals surface area contributed by atoms with Gasteiger partial charge < -0.3 is 24.4 Å². The van der Waals surface area contributed by atoms with Gasteiger partial charge in [0, 0.05) is 32.3 Å². The van der Waals surface area contributed by atoms with Crippen LogP contribution in [0.1, 0.15) is 73.6 Å². The number of esters is 1. The third kappa shape index (κ3) is 4.10. The van der Waals surface area contributed by atoms with Crippen LogP contribution in [0.15, 0.2) is 0 Å². The van der Waals surface area contributed by atoms with Crippen LogP contribution in [-0.4, -0.2) is 58.4 Å². The summed E-state index contributed by atoms with van der Waals surface area (Å²) < 4.78 is 18.1. The Labute approximate surface area is 175 Å². The minimum Gasteiger partial charge on any atom is -0.459 e. The lowest BCUT2D eigenvalue weighted by molar-refractivity contribution is -0.178. The lowest BCUT2D eigenvalue weighted by Crippen LogP contribution is -2.57. The summed E-state index contributed by atoms with van der Waals surface area (Å²) in [5.41, 5.74) is -2.81. The van der Waals surface area contributed by atoms with Crippen molar-refractivity contribution in [2.45, 2.75) is 109 Å². The molecule has 2 aliphatic heterocycles. The molecular weight excluding hydrogens is 372 g/mol. The highest BCUT2D eigenvalue weighted by molar-refractivity contribution is 5.66. The average molecular weight is 413 g/mol. The monoisotopic (exact) mass is 412 g/mol. The molecule has 9 atom stereocenters. The minimum atomic E-state index is -1.10. The molecule has 29 heavy (non-hydrogen) atoms. The summed E-state index contributed by atoms with van der Waals surface area (Å²) in [6.45, 7) is 11.5. The molecule has 3 aliphatic rings. The molecule has 1 saturated carbocycles. The topological polar surface area (TPSA) is 85.2 Å². The van der Waals surface area contributed by atoms with Crippen LogP contribution in [0.4, 0.5) is 0 Å². The first-order valence-electron chi connectivity index (χ1n) is 11.1. The van der Waals surface area contributed by atoms with Gasteiger partial charge in [-0.3, -0.25) is 4.79 Å². The lowest BCUT2D eigenvalue weighted by atomic mass is 9.57. The van der Waals surface area contributed by atoms with Gasteiger partial charge in [0.25, 0.3) is 0 Å². The number of hydrogen-bond acceptors (Lipinski definition) is 6. The van der Waals surface area contributed by atoms with Gasteiger partial charge in [0.1, 0.15) is 5.60 Å². The molecule has 6 nitrogen and oxygen atoms in total. The molecule has 0 aromatic rings. The van der Waals surface area contributed by atoms with Crippen molar-refractivity contribution in [3.63, 3.8) is 0 Å². The first-order chi connectivity index (χ1) is 13.3. The summed E-state index contributed by atoms with van der Waals surface area (Å²) in [5, 5.41) is 22.8. The number of aliphatic hydroxyl groups is 2. The van der Waals surface area contributed by atoms with E-state index in [-0.39, 0.29) is 36.1 Å². The summed E-state index contributed by atoms with van der Waals surface area (Å²) >= 11 is 0. The molecule has 2 N–H and O–H groups in total. The fourth-order valence-electron chi connectivity index (χ4n) is 6.65. The summed E-state index contributed by atoms with van der Waals surface area (Å²) in [6, 6.07) is 0. The maximum Gasteiger partial charge on any atom is 0.303 e. The van der Waals surface area contributed by atoms with E-state index in [0.717, 1.165) is 12.8 Å². The first-order valence-corrected chi connectivity index (χ1v) is 11.1. The normalized spacial score (nSPS) is 50.4. The maximum absolute atomic E-state index is 12.0. The Morgan fingerprint density at radius 3 is 2.31 bits per heavy atom. The van der Waals surface area contributed by atoms with Gasteiger partial charge in [-0.05, 0) is 58.3 Å². The van der Waals surface area contributed by atoms with Crippen LogP contribution in [0.3, 0.4) is 0 Å². The second-order valence-corrected chi connectivity index (χ2v) is 10.7. The average Bonchev–Trinajstić information content (AvgIpc) is 2.95. The highest BCUT2D eigenvalue weighted by atomic mass is 16.6. The zero-order valence-electron chi connectivity index (χ0n) is 19.1. The molecule has 9 unspecified atom stereocenters. The van der Waals surface area contributed by atoms with Crippen LogP contribution >= 0.6 is 0 Å². The fraction of sp³-hybridized carbons (Fsp3) is 0.957. The van der Waals surface area contributed by atoms with Gasteiger partial charge in [0.2, 0.25) is 0 Å². The number of carbonyl (C=O) groups is 1. The van der Waals surface area contributed by atoms with Crippen molar-refractivity contribution < 1.29 is 29.2 Å². The van der Waals surface area contributed by atoms with E-state index in [1.54, 1.807) is 14.0 Å². The van der Waals surface area contributed by atoms with Crippen LogP contribution < -0.4 is 0 Å². The molecule has 2 bridgehead atoms. The van der Waals surface area contributed by atoms with Crippen LogP contribution in [0.2, 0.25) is 0 Å². The predicted molar refractivity (Wildman–Crippen MR) is 109 cm³/mol. The summed E-state index contributed by atoms with van der Waals surface area (Å²) in [6.07, 6.45) is 2.08. The summed E-state index contributed by atoms with van der Waals surface area (Å²) in [7, 11) is 1.60. The standard InChI is InChI=1S/C23H40O6/c1-13(2)15-8-11-23(6,29-14(3)24)19-16-12-22(5,26)17(27-7)9-10-21(4,25)20(28-16)18(15)19/h13,15-20,25-26H,8-12H2,1-7H3. The van der Waals surface area contributed by atoms with E-state index >= 15 is 0 Å². The van der Waals surface area contributed by atoms with E-state index in [0.29, 0.717) is 31.1 Å². The highest BCUT2D eigenvalue weighted by Crippen LogP contribution is 2.58. The fourth-order valence-corrected chi connectivity index (χ4v) is 6.65. The minimum absolute atomic E-state index is 0.0722. The Balaban J connectivity index is 2.09. The van der Waals surface area contributed by atoms with Crippen molar-refractivity contribution in [2.75, 3.05) is 7.11 Å². The van der Waals surface area contributed by atoms with E-state index in [1.165, 1.54) is 6.92 Å². The molecule has 2 heterocycles. The SMILES string of the molecule is COC1CCC(C)(O)C2OC(CC1(C)O)C1C2C(C(C)C)CCC1(C)OC(C)=O. The molecule has 1 aliphatic carbocycles. The number of methoxy groups -OCH3 is 1. The Kier molecular flexibility index (Phi) is 6.16. The van der Waals surface area contributed by atoms with Crippen molar-refractivity contribution in [1.82, 2.24) is 0 Å². The first kappa shape index (κ1) is 23.0. The van der Waals surface area contributed by atoms with Crippen LogP contribution in [0.5, 0.6) is 0 Å². The maximum atomic E-state index is 12.0. The predicted octanol–water partition coefficient (Wildman–Crippen LogP) is 3.07. The van der Waals surface area contributed by atoms with Gasteiger partial charge in [-0.15, -0.1) is 0 Å². The van der Waals surface area contributed by atoms with Crippen molar-refractivity contribution >= 4 is 5.97 Å². The van der Waals surface area contributed by atoms with Crippen molar-refractivity contribution in [3.8, 4) is 0 Å². The van der Waals surface area contributed by atoms with Crippen LogP contribution in [0.25, 0.3) is 0 Å². The molecule has 3 rings (SSSR count). The molecule has 2 saturated heterocycles. The lowest BCUT2D eigenvalue weighted by Gasteiger charge is -2.51. The van der Waals surface area contributed by atoms with E-state index in [9.17, 15) is 15.0 Å². The van der Waals surface area contributed by atoms with Gasteiger partial charge in [0.15, 0.2) is 0 Å². The largest absolute Gasteiger partial charge is 0.459 e. The van der Waals surface area contributed by atoms with Gasteiger partial charge in [0.05, 0.1) is 29.5 Å². The van der Waals surface area contributed by atoms with E-state index in [4.69, 9.17) is 14.2 Å². The smallest absolute Gasteiger partial charge is 0.303 e. The Morgan fingerprint density at radius 2 is 1.76 bits per heavy atom. The zero-order chi connectivity index (χ0) is 21.8. The quantitative estimate of drug-likeness (QED) is 0.693. The number of ether oxygens (including phenoxy) is 3. The van der Waals surface area contributed by atoms with Crippen LogP contribution in [-0.2, 0) is 19.0 Å². The van der Waals surface area contributed by atoms with Gasteiger partial charge in [-0.2, -0.15) is 0 Å². The molecule has 0 amide bonds. The zero-order valence-corrected chi connectivity index (χ0v) is 19.1. The molecule has 6 heteroatoms. The van der Waals surface area contributed by atoms with Gasteiger partial charge in [-0.25, -0.2) is 0 Å². The highest BCUT2D eigenvalue weighted by Gasteiger charge is 2.64. The van der Waals surface area contributed by atoms with Gasteiger partial charge >= 0.3 is 5.97 Å². The molecular formula is C23H40O6. The molecule has 168 valence electrons. The second-order valence-electron chi connectivity index (χ2n) is 10.7. The summed E-state index contributed by atoms with van der Waals surface area (Å²) in [4.78, 5) is 12.0. The third-order valence-electron chi connectivity index (χ3n) is 8.01. The summed E-state index contributed by atoms with van der Waals surface area (Å²) in [5.74, 6) is 0.499. The van der Waals surface area contributed by atoms with Crippen molar-refractivity contribution in [2.24, 2.45) is 23.7 Å². The number of rotatable bonds is 3. The molecule has 0 radical (unpaired) electrons. The van der Waals surface area contributed by atoms with Crippen molar-refractivity contribution in [3.05, 3.63) is 0 Å². The second kappa shape index (κ2) is 7.77. The van der Waals surface area contributed by atoms with Crippen molar-refractivity contribution in [1.29, 1.82) is 0 Å². The molecule has 0 aromatic heterocycles.